The minimum Gasteiger partial charge on any atom is -0.462 e. The summed E-state index contributed by atoms with van der Waals surface area (Å²) in [7, 11) is 1.26. The number of allylic oxidation sites excluding steroid dienone is 7. The van der Waals surface area contributed by atoms with E-state index in [9.17, 15) is 34.4 Å². The monoisotopic (exact) mass is 941 g/mol. The van der Waals surface area contributed by atoms with Crippen molar-refractivity contribution in [3.05, 3.63) is 60.8 Å². The Hall–Kier alpha value is -2.41. The van der Waals surface area contributed by atoms with Crippen molar-refractivity contribution in [3.8, 4) is 0 Å². The second-order valence-electron chi connectivity index (χ2n) is 18.4. The van der Waals surface area contributed by atoms with E-state index in [4.69, 9.17) is 18.5 Å². The lowest BCUT2D eigenvalue weighted by Gasteiger charge is -2.24. The molecule has 0 aliphatic carbocycles. The summed E-state index contributed by atoms with van der Waals surface area (Å²) in [6.07, 6.45) is 42.2. The molecule has 0 aliphatic rings. The molecule has 4 N–H and O–H groups in total. The van der Waals surface area contributed by atoms with Gasteiger partial charge in [0.25, 0.3) is 0 Å². The molecule has 0 fully saturated rings. The summed E-state index contributed by atoms with van der Waals surface area (Å²) < 4.78 is 34.1. The molecule has 0 aliphatic heterocycles. The summed E-state index contributed by atoms with van der Waals surface area (Å²) in [5.41, 5.74) is 0. The van der Waals surface area contributed by atoms with Gasteiger partial charge in [-0.3, -0.25) is 18.6 Å². The molecule has 65 heavy (non-hydrogen) atoms. The van der Waals surface area contributed by atoms with Crippen LogP contribution in [0.3, 0.4) is 0 Å². The summed E-state index contributed by atoms with van der Waals surface area (Å²) in [4.78, 5) is 35.6. The van der Waals surface area contributed by atoms with Crippen LogP contribution in [0.5, 0.6) is 0 Å². The maximum Gasteiger partial charge on any atom is 0.472 e. The lowest BCUT2D eigenvalue weighted by Crippen LogP contribution is -2.37. The molecule has 12 nitrogen and oxygen atoms in total. The first-order valence-electron chi connectivity index (χ1n) is 25.3. The average Bonchev–Trinajstić information content (AvgIpc) is 3.25. The van der Waals surface area contributed by atoms with Crippen LogP contribution in [0.15, 0.2) is 60.8 Å². The van der Waals surface area contributed by atoms with Gasteiger partial charge in [-0.1, -0.05) is 203 Å². The maximum atomic E-state index is 12.8. The Kier molecular flexibility index (Phi) is 41.3. The van der Waals surface area contributed by atoms with Gasteiger partial charge in [-0.05, 0) is 32.1 Å². The topological polar surface area (TPSA) is 169 Å². The standard InChI is InChI=1S/C52H94NO11P/c1-6-8-10-11-12-13-14-15-16-17-18-19-20-21-22-23-24-25-26-31-35-41-51(57)61-45-48(46-63-65(59,60)62-44-43-53(3,4)5)64-52(58)42-36-40-50(56)49(55)39-34-30-28-27-29-33-38-47(54)37-32-9-7-2/h9,27-30,32-34,38-39,47-50,54-56H,6-8,10-26,31,35-37,40-46H2,1-5H3/p+1/b29-27+,30-28-,32-9-,38-33+,39-34-/t47-,48+,49+,50+/m0/s1. The van der Waals surface area contributed by atoms with E-state index >= 15 is 0 Å². The molecule has 0 saturated heterocycles. The third-order valence-electron chi connectivity index (χ3n) is 10.9. The number of esters is 2. The van der Waals surface area contributed by atoms with E-state index in [-0.39, 0.29) is 38.9 Å². The van der Waals surface area contributed by atoms with Crippen molar-refractivity contribution < 1.29 is 57.4 Å². The number of carbonyl (C=O) groups excluding carboxylic acids is 2. The Morgan fingerprint density at radius 3 is 1.57 bits per heavy atom. The Bertz CT molecular complexity index is 1340. The first kappa shape index (κ1) is 62.6. The zero-order valence-corrected chi connectivity index (χ0v) is 42.4. The second-order valence-corrected chi connectivity index (χ2v) is 19.9. The molecule has 0 aromatic heterocycles. The molecule has 0 spiro atoms. The Labute approximate surface area is 395 Å². The van der Waals surface area contributed by atoms with E-state index in [0.717, 1.165) is 25.7 Å². The summed E-state index contributed by atoms with van der Waals surface area (Å²) in [5.74, 6) is -1.13. The fourth-order valence-electron chi connectivity index (χ4n) is 6.83. The van der Waals surface area contributed by atoms with Crippen molar-refractivity contribution in [2.75, 3.05) is 47.5 Å². The van der Waals surface area contributed by atoms with Crippen LogP contribution < -0.4 is 0 Å². The third-order valence-corrected chi connectivity index (χ3v) is 11.9. The van der Waals surface area contributed by atoms with Crippen LogP contribution in [0, 0.1) is 0 Å². The van der Waals surface area contributed by atoms with Gasteiger partial charge in [0.1, 0.15) is 19.8 Å². The lowest BCUT2D eigenvalue weighted by atomic mass is 10.0. The van der Waals surface area contributed by atoms with Crippen LogP contribution in [0.2, 0.25) is 0 Å². The molecule has 0 rings (SSSR count). The van der Waals surface area contributed by atoms with Crippen LogP contribution in [0.4, 0.5) is 0 Å². The number of phosphoric ester groups is 1. The largest absolute Gasteiger partial charge is 0.472 e. The zero-order chi connectivity index (χ0) is 48.3. The summed E-state index contributed by atoms with van der Waals surface area (Å²) in [6, 6.07) is 0. The molecule has 0 radical (unpaired) electrons. The highest BCUT2D eigenvalue weighted by molar-refractivity contribution is 7.47. The zero-order valence-electron chi connectivity index (χ0n) is 41.5. The molecule has 0 saturated carbocycles. The molecule has 5 atom stereocenters. The summed E-state index contributed by atoms with van der Waals surface area (Å²) in [6.45, 7) is 3.85. The normalized spacial score (nSPS) is 15.4. The number of hydrogen-bond donors (Lipinski definition) is 4. The van der Waals surface area contributed by atoms with Crippen molar-refractivity contribution >= 4 is 19.8 Å². The molecule has 1 unspecified atom stereocenters. The van der Waals surface area contributed by atoms with E-state index in [1.165, 1.54) is 115 Å². The smallest absolute Gasteiger partial charge is 0.462 e. The number of ether oxygens (including phenoxy) is 2. The van der Waals surface area contributed by atoms with Crippen LogP contribution in [0.25, 0.3) is 0 Å². The van der Waals surface area contributed by atoms with Gasteiger partial charge in [-0.15, -0.1) is 0 Å². The SMILES string of the molecule is CC/C=C\C[C@H](O)/C=C/C=C/C=C\C=C/[C@@H](O)[C@H](O)CCCC(=O)O[C@H](COC(=O)CCCCCCCCCCCCCCCCCCCCCCC)COP(=O)(O)OCC[N+](C)(C)C. The molecule has 0 amide bonds. The van der Waals surface area contributed by atoms with Crippen LogP contribution in [-0.2, 0) is 32.7 Å². The Morgan fingerprint density at radius 2 is 1.06 bits per heavy atom. The number of hydrogen-bond acceptors (Lipinski definition) is 10. The molecule has 0 aromatic rings. The summed E-state index contributed by atoms with van der Waals surface area (Å²) >= 11 is 0. The molecule has 0 aromatic carbocycles. The van der Waals surface area contributed by atoms with E-state index in [0.29, 0.717) is 23.9 Å². The minimum atomic E-state index is -4.48. The lowest BCUT2D eigenvalue weighted by molar-refractivity contribution is -0.870. The number of phosphoric acid groups is 1. The molecule has 0 bridgehead atoms. The molecular weight excluding hydrogens is 846 g/mol. The van der Waals surface area contributed by atoms with Gasteiger partial charge in [0, 0.05) is 12.8 Å². The van der Waals surface area contributed by atoms with Crippen LogP contribution in [0.1, 0.15) is 187 Å². The van der Waals surface area contributed by atoms with Gasteiger partial charge in [0.15, 0.2) is 6.10 Å². The van der Waals surface area contributed by atoms with Gasteiger partial charge in [-0.25, -0.2) is 4.57 Å². The van der Waals surface area contributed by atoms with Crippen molar-refractivity contribution in [2.24, 2.45) is 0 Å². The molecule has 13 heteroatoms. The third kappa shape index (κ3) is 45.2. The van der Waals surface area contributed by atoms with Crippen molar-refractivity contribution in [2.45, 2.75) is 212 Å². The number of nitrogens with zero attached hydrogens (tertiary/aromatic N) is 1. The molecular formula is C52H95NO11P+. The quantitative estimate of drug-likeness (QED) is 0.0114. The van der Waals surface area contributed by atoms with Gasteiger partial charge < -0.3 is 34.2 Å². The highest BCUT2D eigenvalue weighted by atomic mass is 31.2. The van der Waals surface area contributed by atoms with E-state index < -0.39 is 50.8 Å². The van der Waals surface area contributed by atoms with E-state index in [1.807, 2.05) is 40.2 Å². The van der Waals surface area contributed by atoms with Gasteiger partial charge in [0.05, 0.1) is 46.1 Å². The van der Waals surface area contributed by atoms with Gasteiger partial charge in [-0.2, -0.15) is 0 Å². The maximum absolute atomic E-state index is 12.8. The number of rotatable bonds is 45. The first-order valence-corrected chi connectivity index (χ1v) is 26.8. The molecule has 378 valence electrons. The second kappa shape index (κ2) is 42.9. The highest BCUT2D eigenvalue weighted by Crippen LogP contribution is 2.43. The number of quaternary nitrogens is 1. The fraction of sp³-hybridized carbons (Fsp3) is 0.769. The fourth-order valence-corrected chi connectivity index (χ4v) is 7.57. The van der Waals surface area contributed by atoms with Crippen LogP contribution in [-0.4, -0.2) is 109 Å². The Morgan fingerprint density at radius 1 is 0.585 bits per heavy atom. The number of unbranched alkanes of at least 4 members (excludes halogenated alkanes) is 20. The van der Waals surface area contributed by atoms with Crippen molar-refractivity contribution in [3.63, 3.8) is 0 Å². The molecule has 0 heterocycles. The van der Waals surface area contributed by atoms with E-state index in [1.54, 1.807) is 42.5 Å². The number of aliphatic hydroxyl groups is 3. The van der Waals surface area contributed by atoms with Gasteiger partial charge in [0.2, 0.25) is 0 Å². The minimum absolute atomic E-state index is 0.0338. The summed E-state index contributed by atoms with van der Waals surface area (Å²) in [5, 5.41) is 30.6. The predicted molar refractivity (Wildman–Crippen MR) is 265 cm³/mol. The van der Waals surface area contributed by atoms with E-state index in [2.05, 4.69) is 6.92 Å². The highest BCUT2D eigenvalue weighted by Gasteiger charge is 2.27. The van der Waals surface area contributed by atoms with Crippen molar-refractivity contribution in [1.82, 2.24) is 0 Å². The van der Waals surface area contributed by atoms with Crippen LogP contribution >= 0.6 is 7.82 Å². The Balaban J connectivity index is 4.52. The average molecular weight is 941 g/mol. The number of carbonyl (C=O) groups is 2. The van der Waals surface area contributed by atoms with Gasteiger partial charge >= 0.3 is 19.8 Å². The number of likely N-dealkylation sites (N-methyl/N-ethyl adjacent to an activating group) is 1. The van der Waals surface area contributed by atoms with Crippen molar-refractivity contribution in [1.29, 1.82) is 0 Å². The first-order chi connectivity index (χ1) is 31.2. The predicted octanol–water partition coefficient (Wildman–Crippen LogP) is 11.7. The number of aliphatic hydroxyl groups excluding tert-OH is 3.